The lowest BCUT2D eigenvalue weighted by Crippen LogP contribution is -2.35. The zero-order chi connectivity index (χ0) is 25.1. The van der Waals surface area contributed by atoms with E-state index >= 15 is 0 Å². The second-order valence-electron chi connectivity index (χ2n) is 8.17. The number of nitrogens with zero attached hydrogens (tertiary/aromatic N) is 1. The third kappa shape index (κ3) is 5.71. The number of carbonyl (C=O) groups excluding carboxylic acids is 1. The Bertz CT molecular complexity index is 1150. The highest BCUT2D eigenvalue weighted by Crippen LogP contribution is 2.43. The normalized spacial score (nSPS) is 18.1. The van der Waals surface area contributed by atoms with E-state index in [9.17, 15) is 17.8 Å². The Morgan fingerprint density at radius 1 is 1.06 bits per heavy atom. The molecular weight excluding hydrogens is 505 g/mol. The van der Waals surface area contributed by atoms with Crippen LogP contribution in [-0.4, -0.2) is 63.9 Å². The smallest absolute Gasteiger partial charge is 0.254 e. The maximum Gasteiger partial charge on any atom is 0.254 e. The van der Waals surface area contributed by atoms with Gasteiger partial charge in [0, 0.05) is 29.8 Å². The van der Waals surface area contributed by atoms with Gasteiger partial charge in [-0.25, -0.2) is 8.42 Å². The van der Waals surface area contributed by atoms with E-state index in [4.69, 9.17) is 37.4 Å². The molecule has 1 atom stereocenters. The standard InChI is InChI=1S/C23H27Cl2NO7S/c1-31-19-11-15(12-20(32-2)21(19)33-3)22(27)26-9-8-23(14-26,7-4-10-34(28,29)30)16-5-6-17(24)18(25)13-16/h5-6,11-13H,4,7-10,14H2,1-3H3,(H,28,29,30)/p-1/t23-/m1/s1. The Labute approximate surface area is 209 Å². The van der Waals surface area contributed by atoms with Crippen molar-refractivity contribution < 1.29 is 32.0 Å². The molecule has 0 bridgehead atoms. The molecule has 11 heteroatoms. The van der Waals surface area contributed by atoms with Crippen molar-refractivity contribution in [3.05, 3.63) is 51.5 Å². The van der Waals surface area contributed by atoms with Gasteiger partial charge in [0.1, 0.15) is 0 Å². The Balaban J connectivity index is 1.93. The van der Waals surface area contributed by atoms with Gasteiger partial charge in [-0.05, 0) is 49.1 Å². The van der Waals surface area contributed by atoms with Crippen LogP contribution in [0.2, 0.25) is 10.0 Å². The lowest BCUT2D eigenvalue weighted by atomic mass is 9.76. The lowest BCUT2D eigenvalue weighted by Gasteiger charge is -2.31. The summed E-state index contributed by atoms with van der Waals surface area (Å²) in [6.07, 6.45) is 1.13. The first-order valence-electron chi connectivity index (χ1n) is 10.5. The number of hydrogen-bond donors (Lipinski definition) is 0. The molecule has 0 saturated carbocycles. The van der Waals surface area contributed by atoms with E-state index in [2.05, 4.69) is 0 Å². The quantitative estimate of drug-likeness (QED) is 0.448. The largest absolute Gasteiger partial charge is 0.748 e. The monoisotopic (exact) mass is 530 g/mol. The minimum Gasteiger partial charge on any atom is -0.748 e. The first-order chi connectivity index (χ1) is 16.0. The fourth-order valence-corrected chi connectivity index (χ4v) is 5.23. The second kappa shape index (κ2) is 10.6. The molecule has 0 aromatic heterocycles. The number of likely N-dealkylation sites (tertiary alicyclic amines) is 1. The third-order valence-corrected chi connectivity index (χ3v) is 7.66. The molecule has 0 radical (unpaired) electrons. The summed E-state index contributed by atoms with van der Waals surface area (Å²) >= 11 is 12.3. The summed E-state index contributed by atoms with van der Waals surface area (Å²) in [5.74, 6) is 0.392. The predicted molar refractivity (Wildman–Crippen MR) is 129 cm³/mol. The van der Waals surface area contributed by atoms with Gasteiger partial charge in [0.25, 0.3) is 5.91 Å². The number of carbonyl (C=O) groups is 1. The molecule has 0 N–H and O–H groups in total. The molecule has 2 aromatic carbocycles. The van der Waals surface area contributed by atoms with Gasteiger partial charge in [-0.3, -0.25) is 4.79 Å². The summed E-state index contributed by atoms with van der Waals surface area (Å²) in [5, 5.41) is 0.760. The number of rotatable bonds is 9. The minimum atomic E-state index is -4.35. The fourth-order valence-electron chi connectivity index (χ4n) is 4.43. The van der Waals surface area contributed by atoms with Crippen molar-refractivity contribution in [1.29, 1.82) is 0 Å². The van der Waals surface area contributed by atoms with Crippen LogP contribution in [0.4, 0.5) is 0 Å². The van der Waals surface area contributed by atoms with Gasteiger partial charge in [0.05, 0.1) is 41.5 Å². The molecule has 8 nitrogen and oxygen atoms in total. The van der Waals surface area contributed by atoms with Crippen molar-refractivity contribution in [3.63, 3.8) is 0 Å². The average molecular weight is 531 g/mol. The van der Waals surface area contributed by atoms with Crippen molar-refractivity contribution >= 4 is 39.2 Å². The first-order valence-corrected chi connectivity index (χ1v) is 12.9. The zero-order valence-electron chi connectivity index (χ0n) is 19.1. The second-order valence-corrected chi connectivity index (χ2v) is 10.5. The number of hydrogen-bond acceptors (Lipinski definition) is 7. The third-order valence-electron chi connectivity index (χ3n) is 6.13. The maximum atomic E-state index is 13.4. The molecule has 1 aliphatic rings. The molecule has 0 spiro atoms. The van der Waals surface area contributed by atoms with Crippen LogP contribution < -0.4 is 14.2 Å². The number of benzene rings is 2. The van der Waals surface area contributed by atoms with Crippen molar-refractivity contribution in [3.8, 4) is 17.2 Å². The van der Waals surface area contributed by atoms with E-state index in [1.807, 2.05) is 6.07 Å². The van der Waals surface area contributed by atoms with E-state index < -0.39 is 21.3 Å². The molecule has 186 valence electrons. The van der Waals surface area contributed by atoms with Crippen LogP contribution in [0.1, 0.15) is 35.2 Å². The van der Waals surface area contributed by atoms with Crippen LogP contribution in [0.5, 0.6) is 17.2 Å². The Kier molecular flexibility index (Phi) is 8.23. The Hall–Kier alpha value is -2.20. The van der Waals surface area contributed by atoms with Crippen molar-refractivity contribution in [2.45, 2.75) is 24.7 Å². The van der Waals surface area contributed by atoms with Gasteiger partial charge >= 0.3 is 0 Å². The maximum absolute atomic E-state index is 13.4. The topological polar surface area (TPSA) is 105 Å². The van der Waals surface area contributed by atoms with Crippen LogP contribution in [0.3, 0.4) is 0 Å². The van der Waals surface area contributed by atoms with Gasteiger partial charge in [0.2, 0.25) is 5.75 Å². The molecule has 1 saturated heterocycles. The summed E-state index contributed by atoms with van der Waals surface area (Å²) in [4.78, 5) is 15.1. The number of halogens is 2. The van der Waals surface area contributed by atoms with Gasteiger partial charge in [-0.1, -0.05) is 29.3 Å². The van der Waals surface area contributed by atoms with Crippen LogP contribution in [0, 0.1) is 0 Å². The van der Waals surface area contributed by atoms with Crippen molar-refractivity contribution in [2.24, 2.45) is 0 Å². The van der Waals surface area contributed by atoms with Crippen LogP contribution in [0.15, 0.2) is 30.3 Å². The molecule has 3 rings (SSSR count). The SMILES string of the molecule is COc1cc(C(=O)N2CC[C@@](CCCS(=O)(=O)[O-])(c3ccc(Cl)c(Cl)c3)C2)cc(OC)c1OC. The number of ether oxygens (including phenoxy) is 3. The molecule has 1 amide bonds. The zero-order valence-corrected chi connectivity index (χ0v) is 21.4. The summed E-state index contributed by atoms with van der Waals surface area (Å²) in [5.41, 5.74) is 0.627. The molecule has 2 aromatic rings. The lowest BCUT2D eigenvalue weighted by molar-refractivity contribution is 0.0781. The van der Waals surface area contributed by atoms with Crippen LogP contribution >= 0.6 is 23.2 Å². The Morgan fingerprint density at radius 3 is 2.24 bits per heavy atom. The highest BCUT2D eigenvalue weighted by atomic mass is 35.5. The number of methoxy groups -OCH3 is 3. The van der Waals surface area contributed by atoms with E-state index in [0.717, 1.165) is 5.56 Å². The molecular formula is C23H26Cl2NO7S-. The first kappa shape index (κ1) is 26.4. The summed E-state index contributed by atoms with van der Waals surface area (Å²) in [6.45, 7) is 0.749. The molecule has 0 aliphatic carbocycles. The van der Waals surface area contributed by atoms with Crippen LogP contribution in [-0.2, 0) is 15.5 Å². The number of amides is 1. The average Bonchev–Trinajstić information content (AvgIpc) is 3.23. The van der Waals surface area contributed by atoms with Gasteiger partial charge in [-0.2, -0.15) is 0 Å². The molecule has 1 aliphatic heterocycles. The van der Waals surface area contributed by atoms with E-state index in [0.29, 0.717) is 58.8 Å². The highest BCUT2D eigenvalue weighted by Gasteiger charge is 2.41. The molecule has 34 heavy (non-hydrogen) atoms. The molecule has 1 heterocycles. The molecule has 0 unspecified atom stereocenters. The fraction of sp³-hybridized carbons (Fsp3) is 0.435. The van der Waals surface area contributed by atoms with Crippen molar-refractivity contribution in [1.82, 2.24) is 4.90 Å². The van der Waals surface area contributed by atoms with E-state index in [1.54, 1.807) is 29.2 Å². The minimum absolute atomic E-state index is 0.165. The molecule has 1 fully saturated rings. The summed E-state index contributed by atoms with van der Waals surface area (Å²) in [6, 6.07) is 8.42. The summed E-state index contributed by atoms with van der Waals surface area (Å²) < 4.78 is 49.6. The predicted octanol–water partition coefficient (Wildman–Crippen LogP) is 4.13. The van der Waals surface area contributed by atoms with Crippen LogP contribution in [0.25, 0.3) is 0 Å². The van der Waals surface area contributed by atoms with Gasteiger partial charge in [0.15, 0.2) is 11.5 Å². The van der Waals surface area contributed by atoms with Gasteiger partial charge < -0.3 is 23.7 Å². The van der Waals surface area contributed by atoms with E-state index in [-0.39, 0.29) is 12.3 Å². The highest BCUT2D eigenvalue weighted by molar-refractivity contribution is 7.85. The van der Waals surface area contributed by atoms with Gasteiger partial charge in [-0.15, -0.1) is 0 Å². The van der Waals surface area contributed by atoms with Crippen molar-refractivity contribution in [2.75, 3.05) is 40.2 Å². The summed E-state index contributed by atoms with van der Waals surface area (Å²) in [7, 11) is 0.0763. The Morgan fingerprint density at radius 2 is 1.71 bits per heavy atom. The van der Waals surface area contributed by atoms with E-state index in [1.165, 1.54) is 21.3 Å².